The third-order valence-corrected chi connectivity index (χ3v) is 7.51. The van der Waals surface area contributed by atoms with Crippen molar-refractivity contribution in [3.63, 3.8) is 0 Å². The molecule has 0 unspecified atom stereocenters. The molecule has 2 aromatic carbocycles. The van der Waals surface area contributed by atoms with E-state index in [-0.39, 0.29) is 17.3 Å². The largest absolute Gasteiger partial charge is 0.389 e. The summed E-state index contributed by atoms with van der Waals surface area (Å²) >= 11 is 0. The maximum atomic E-state index is 14.3. The monoisotopic (exact) mass is 424 g/mol. The van der Waals surface area contributed by atoms with Crippen LogP contribution in [0, 0.1) is 5.82 Å². The number of benzene rings is 2. The zero-order chi connectivity index (χ0) is 21.3. The van der Waals surface area contributed by atoms with Gasteiger partial charge in [-0.05, 0) is 42.2 Å². The van der Waals surface area contributed by atoms with Gasteiger partial charge in [0.25, 0.3) is 0 Å². The molecular weight excluding hydrogens is 391 g/mol. The van der Waals surface area contributed by atoms with Crippen LogP contribution in [0.15, 0.2) is 48.5 Å². The van der Waals surface area contributed by atoms with Crippen molar-refractivity contribution < 1.29 is 14.2 Å². The van der Waals surface area contributed by atoms with E-state index in [1.165, 1.54) is 19.3 Å². The van der Waals surface area contributed by atoms with E-state index in [4.69, 9.17) is 4.74 Å². The van der Waals surface area contributed by atoms with Crippen LogP contribution in [0.5, 0.6) is 0 Å². The lowest BCUT2D eigenvalue weighted by Crippen LogP contribution is -2.47. The predicted molar refractivity (Wildman–Crippen MR) is 121 cm³/mol. The second kappa shape index (κ2) is 8.89. The Balaban J connectivity index is 1.51. The van der Waals surface area contributed by atoms with Crippen LogP contribution in [-0.2, 0) is 10.2 Å². The van der Waals surface area contributed by atoms with Gasteiger partial charge in [-0.15, -0.1) is 0 Å². The smallest absolute Gasteiger partial charge is 0.123 e. The second-order valence-electron chi connectivity index (χ2n) is 9.47. The van der Waals surface area contributed by atoms with Gasteiger partial charge in [-0.3, -0.25) is 4.90 Å². The first-order valence-electron chi connectivity index (χ1n) is 11.8. The number of nitrogens with zero attached hydrogens (tertiary/aromatic N) is 2. The molecule has 2 fully saturated rings. The van der Waals surface area contributed by atoms with Gasteiger partial charge in [-0.2, -0.15) is 0 Å². The van der Waals surface area contributed by atoms with Gasteiger partial charge >= 0.3 is 0 Å². The second-order valence-corrected chi connectivity index (χ2v) is 9.47. The van der Waals surface area contributed by atoms with Gasteiger partial charge < -0.3 is 14.7 Å². The van der Waals surface area contributed by atoms with Crippen LogP contribution in [-0.4, -0.2) is 55.5 Å². The normalized spacial score (nSPS) is 23.0. The Labute approximate surface area is 184 Å². The van der Waals surface area contributed by atoms with E-state index < -0.39 is 6.10 Å². The van der Waals surface area contributed by atoms with Gasteiger partial charge in [0.15, 0.2) is 0 Å². The average molecular weight is 425 g/mol. The molecule has 1 saturated heterocycles. The zero-order valence-electron chi connectivity index (χ0n) is 18.2. The molecule has 3 aliphatic rings. The number of hydrogen-bond donors (Lipinski definition) is 1. The molecular formula is C26H33FN2O2. The summed E-state index contributed by atoms with van der Waals surface area (Å²) in [5, 5.41) is 11.5. The summed E-state index contributed by atoms with van der Waals surface area (Å²) in [4.78, 5) is 4.67. The van der Waals surface area contributed by atoms with Crippen molar-refractivity contribution in [2.45, 2.75) is 49.7 Å². The van der Waals surface area contributed by atoms with Crippen molar-refractivity contribution >= 4 is 5.69 Å². The third-order valence-electron chi connectivity index (χ3n) is 7.51. The maximum absolute atomic E-state index is 14.3. The van der Waals surface area contributed by atoms with E-state index in [0.29, 0.717) is 6.54 Å². The topological polar surface area (TPSA) is 35.9 Å². The van der Waals surface area contributed by atoms with Crippen LogP contribution in [0.1, 0.15) is 49.3 Å². The van der Waals surface area contributed by atoms with E-state index in [1.54, 1.807) is 12.1 Å². The number of ether oxygens (including phenoxy) is 1. The molecule has 5 heteroatoms. The molecule has 1 spiro atoms. The van der Waals surface area contributed by atoms with Crippen LogP contribution in [0.4, 0.5) is 10.1 Å². The number of hydrogen-bond acceptors (Lipinski definition) is 4. The number of fused-ring (bicyclic) bond motifs is 2. The van der Waals surface area contributed by atoms with E-state index in [9.17, 15) is 9.50 Å². The highest BCUT2D eigenvalue weighted by Crippen LogP contribution is 2.52. The van der Waals surface area contributed by atoms with Gasteiger partial charge in [-0.1, -0.05) is 49.6 Å². The Morgan fingerprint density at radius 3 is 2.48 bits per heavy atom. The SMILES string of the molecule is O[C@H](CN1CCOCC1)[C@H](c1ccccc1)N1CC2(CCCCC2)c2cc(F)ccc21. The summed E-state index contributed by atoms with van der Waals surface area (Å²) in [6, 6.07) is 15.4. The molecule has 1 aliphatic carbocycles. The van der Waals surface area contributed by atoms with Crippen molar-refractivity contribution in [2.24, 2.45) is 0 Å². The van der Waals surface area contributed by atoms with Crippen LogP contribution >= 0.6 is 0 Å². The molecule has 0 amide bonds. The van der Waals surface area contributed by atoms with Crippen LogP contribution in [0.25, 0.3) is 0 Å². The summed E-state index contributed by atoms with van der Waals surface area (Å²) in [5.41, 5.74) is 3.36. The molecule has 0 radical (unpaired) electrons. The van der Waals surface area contributed by atoms with Gasteiger partial charge in [0.05, 0.1) is 25.4 Å². The molecule has 0 aromatic heterocycles. The lowest BCUT2D eigenvalue weighted by molar-refractivity contribution is 0.00861. The summed E-state index contributed by atoms with van der Waals surface area (Å²) in [7, 11) is 0. The molecule has 5 rings (SSSR count). The summed E-state index contributed by atoms with van der Waals surface area (Å²) in [6.45, 7) is 4.61. The fourth-order valence-corrected chi connectivity index (χ4v) is 5.99. The van der Waals surface area contributed by atoms with E-state index in [2.05, 4.69) is 21.9 Å². The quantitative estimate of drug-likeness (QED) is 0.777. The highest BCUT2D eigenvalue weighted by molar-refractivity contribution is 5.64. The summed E-state index contributed by atoms with van der Waals surface area (Å²) in [6.07, 6.45) is 5.29. The Morgan fingerprint density at radius 2 is 1.74 bits per heavy atom. The number of morpholine rings is 1. The highest BCUT2D eigenvalue weighted by atomic mass is 19.1. The van der Waals surface area contributed by atoms with E-state index in [1.807, 2.05) is 24.3 Å². The summed E-state index contributed by atoms with van der Waals surface area (Å²) < 4.78 is 19.8. The minimum absolute atomic E-state index is 0.00139. The van der Waals surface area contributed by atoms with Crippen molar-refractivity contribution in [2.75, 3.05) is 44.3 Å². The third kappa shape index (κ3) is 4.11. The molecule has 2 aliphatic heterocycles. The van der Waals surface area contributed by atoms with Crippen molar-refractivity contribution in [3.05, 3.63) is 65.5 Å². The fourth-order valence-electron chi connectivity index (χ4n) is 5.99. The van der Waals surface area contributed by atoms with Gasteiger partial charge in [0.1, 0.15) is 5.82 Å². The first kappa shape index (κ1) is 20.9. The minimum Gasteiger partial charge on any atom is -0.389 e. The average Bonchev–Trinajstić information content (AvgIpc) is 3.08. The molecule has 2 heterocycles. The number of β-amino-alcohol motifs (C(OH)–C–C–N with tert-alkyl or cyclic N) is 1. The van der Waals surface area contributed by atoms with E-state index in [0.717, 1.165) is 62.5 Å². The number of aliphatic hydroxyl groups is 1. The van der Waals surface area contributed by atoms with Crippen LogP contribution in [0.3, 0.4) is 0 Å². The van der Waals surface area contributed by atoms with Crippen molar-refractivity contribution in [1.29, 1.82) is 0 Å². The van der Waals surface area contributed by atoms with Crippen molar-refractivity contribution in [1.82, 2.24) is 4.90 Å². The lowest BCUT2D eigenvalue weighted by Gasteiger charge is -2.40. The Hall–Kier alpha value is -1.95. The maximum Gasteiger partial charge on any atom is 0.123 e. The number of anilines is 1. The van der Waals surface area contributed by atoms with Crippen molar-refractivity contribution in [3.8, 4) is 0 Å². The zero-order valence-corrected chi connectivity index (χ0v) is 18.2. The Morgan fingerprint density at radius 1 is 1.00 bits per heavy atom. The Bertz CT molecular complexity index is 878. The van der Waals surface area contributed by atoms with Gasteiger partial charge in [0, 0.05) is 37.3 Å². The van der Waals surface area contributed by atoms with E-state index >= 15 is 0 Å². The van der Waals surface area contributed by atoms with Crippen LogP contribution < -0.4 is 4.90 Å². The number of halogens is 1. The summed E-state index contributed by atoms with van der Waals surface area (Å²) in [5.74, 6) is -0.157. The predicted octanol–water partition coefficient (Wildman–Crippen LogP) is 4.28. The molecule has 0 bridgehead atoms. The van der Waals surface area contributed by atoms with Gasteiger partial charge in [-0.25, -0.2) is 4.39 Å². The molecule has 1 N–H and O–H groups in total. The molecule has 166 valence electrons. The molecule has 4 nitrogen and oxygen atoms in total. The fraction of sp³-hybridized carbons (Fsp3) is 0.538. The molecule has 1 saturated carbocycles. The number of rotatable bonds is 5. The standard InChI is InChI=1S/C26H33FN2O2/c27-21-9-10-23-22(17-21)26(11-5-2-6-12-26)19-29(23)25(20-7-3-1-4-8-20)24(30)18-28-13-15-31-16-14-28/h1,3-4,7-10,17,24-25,30H,2,5-6,11-16,18-19H2/t24-,25+/m1/s1. The lowest BCUT2D eigenvalue weighted by atomic mass is 9.71. The minimum atomic E-state index is -0.544. The first-order chi connectivity index (χ1) is 15.2. The molecule has 2 atom stereocenters. The van der Waals surface area contributed by atoms with Crippen LogP contribution in [0.2, 0.25) is 0 Å². The Kier molecular flexibility index (Phi) is 6.00. The molecule has 31 heavy (non-hydrogen) atoms. The number of aliphatic hydroxyl groups excluding tert-OH is 1. The molecule has 2 aromatic rings. The van der Waals surface area contributed by atoms with Gasteiger partial charge in [0.2, 0.25) is 0 Å². The highest BCUT2D eigenvalue weighted by Gasteiger charge is 2.46. The first-order valence-corrected chi connectivity index (χ1v) is 11.8.